The maximum absolute atomic E-state index is 7.27. The van der Waals surface area contributed by atoms with E-state index in [-0.39, 0.29) is 32.7 Å². The molecule has 7 heteroatoms. The number of ether oxygens (including phenoxy) is 2. The Balaban J connectivity index is 0.00000324. The van der Waals surface area contributed by atoms with Crippen molar-refractivity contribution in [1.29, 1.82) is 0 Å². The Labute approximate surface area is 142 Å². The molecule has 1 rings (SSSR count). The second-order valence-corrected chi connectivity index (χ2v) is 4.41. The van der Waals surface area contributed by atoms with Crippen LogP contribution in [0.2, 0.25) is 0 Å². The minimum absolute atomic E-state index is 0. The summed E-state index contributed by atoms with van der Waals surface area (Å²) in [5, 5.41) is 0. The summed E-state index contributed by atoms with van der Waals surface area (Å²) in [6.07, 6.45) is 0. The summed E-state index contributed by atoms with van der Waals surface area (Å²) in [5.74, 6) is 0. The fourth-order valence-corrected chi connectivity index (χ4v) is 1.97. The van der Waals surface area contributed by atoms with E-state index in [4.69, 9.17) is 20.9 Å². The number of nitrogens with zero attached hydrogens (tertiary/aromatic N) is 2. The molecule has 0 bridgehead atoms. The van der Waals surface area contributed by atoms with E-state index in [1.807, 2.05) is 0 Å². The second-order valence-electron chi connectivity index (χ2n) is 4.41. The van der Waals surface area contributed by atoms with Gasteiger partial charge >= 0.3 is 0 Å². The molecule has 0 aromatic heterocycles. The summed E-state index contributed by atoms with van der Waals surface area (Å²) in [7, 11) is 0. The van der Waals surface area contributed by atoms with Crippen LogP contribution in [0.15, 0.2) is 0 Å². The number of nitrogens with one attached hydrogen (secondary N) is 2. The molecule has 1 heterocycles. The fourth-order valence-electron chi connectivity index (χ4n) is 1.97. The van der Waals surface area contributed by atoms with E-state index in [1.165, 1.54) is 0 Å². The maximum Gasteiger partial charge on any atom is 0.0594 e. The monoisotopic (exact) mass is 347 g/mol. The van der Waals surface area contributed by atoms with Gasteiger partial charge in [-0.3, -0.25) is 0 Å². The Morgan fingerprint density at radius 3 is 1.26 bits per heavy atom. The Hall–Kier alpha value is 0.864. The van der Waals surface area contributed by atoms with Gasteiger partial charge in [0.1, 0.15) is 0 Å². The normalized spacial score (nSPS) is 21.2. The minimum Gasteiger partial charge on any atom is -0.676 e. The van der Waals surface area contributed by atoms with E-state index in [2.05, 4.69) is 9.80 Å². The molecule has 2 N–H and O–H groups in total. The van der Waals surface area contributed by atoms with Gasteiger partial charge in [0.15, 0.2) is 0 Å². The van der Waals surface area contributed by atoms with Crippen molar-refractivity contribution >= 4 is 0 Å². The molecule has 6 nitrogen and oxygen atoms in total. The fraction of sp³-hybridized carbons (Fsp3) is 1.00. The van der Waals surface area contributed by atoms with E-state index in [0.717, 1.165) is 39.3 Å². The van der Waals surface area contributed by atoms with Crippen molar-refractivity contribution in [2.45, 2.75) is 0 Å². The van der Waals surface area contributed by atoms with Crippen molar-refractivity contribution < 1.29 is 42.2 Å². The Kier molecular flexibility index (Phi) is 14.5. The number of hydrogen-bond donors (Lipinski definition) is 0. The SMILES string of the molecule is [NH-]CCN1CCOCCN(CC[NH-])CCOCC1.[Y]. The van der Waals surface area contributed by atoms with E-state index < -0.39 is 0 Å². The van der Waals surface area contributed by atoms with E-state index >= 15 is 0 Å². The average Bonchev–Trinajstić information content (AvgIpc) is 2.35. The largest absolute Gasteiger partial charge is 0.676 e. The zero-order valence-electron chi connectivity index (χ0n) is 11.8. The molecular formula is C12H26N4O2Y-2. The van der Waals surface area contributed by atoms with Gasteiger partial charge in [-0.15, -0.1) is 13.1 Å². The Morgan fingerprint density at radius 1 is 0.684 bits per heavy atom. The maximum atomic E-state index is 7.27. The third kappa shape index (κ3) is 10.3. The molecule has 1 aliphatic rings. The van der Waals surface area contributed by atoms with E-state index in [0.29, 0.717) is 39.5 Å². The van der Waals surface area contributed by atoms with Gasteiger partial charge in [-0.1, -0.05) is 0 Å². The van der Waals surface area contributed by atoms with Crippen molar-refractivity contribution in [3.8, 4) is 0 Å². The first-order chi connectivity index (χ1) is 8.86. The molecule has 19 heavy (non-hydrogen) atoms. The van der Waals surface area contributed by atoms with Crippen LogP contribution >= 0.6 is 0 Å². The molecule has 1 saturated heterocycles. The molecule has 111 valence electrons. The van der Waals surface area contributed by atoms with Crippen LogP contribution in [-0.4, -0.2) is 88.6 Å². The van der Waals surface area contributed by atoms with Crippen LogP contribution in [0.4, 0.5) is 0 Å². The summed E-state index contributed by atoms with van der Waals surface area (Å²) in [4.78, 5) is 4.44. The van der Waals surface area contributed by atoms with Gasteiger partial charge in [-0.25, -0.2) is 0 Å². The zero-order valence-corrected chi connectivity index (χ0v) is 14.6. The van der Waals surface area contributed by atoms with Crippen LogP contribution in [-0.2, 0) is 42.2 Å². The molecule has 0 aromatic rings. The number of hydrogen-bond acceptors (Lipinski definition) is 4. The van der Waals surface area contributed by atoms with Gasteiger partial charge in [-0.2, -0.15) is 0 Å². The van der Waals surface area contributed by atoms with Crippen molar-refractivity contribution in [1.82, 2.24) is 9.80 Å². The molecule has 1 radical (unpaired) electrons. The molecule has 0 amide bonds. The average molecular weight is 347 g/mol. The molecule has 1 aliphatic heterocycles. The third-order valence-electron chi connectivity index (χ3n) is 3.06. The van der Waals surface area contributed by atoms with E-state index in [1.54, 1.807) is 0 Å². The van der Waals surface area contributed by atoms with Gasteiger partial charge < -0.3 is 30.7 Å². The van der Waals surface area contributed by atoms with Crippen molar-refractivity contribution in [2.24, 2.45) is 0 Å². The summed E-state index contributed by atoms with van der Waals surface area (Å²) in [5.41, 5.74) is 14.5. The topological polar surface area (TPSA) is 72.5 Å². The van der Waals surface area contributed by atoms with Crippen LogP contribution in [0.25, 0.3) is 11.5 Å². The first-order valence-electron chi connectivity index (χ1n) is 6.76. The second kappa shape index (κ2) is 13.8. The third-order valence-corrected chi connectivity index (χ3v) is 3.06. The first-order valence-corrected chi connectivity index (χ1v) is 6.76. The number of rotatable bonds is 4. The first kappa shape index (κ1) is 19.9. The summed E-state index contributed by atoms with van der Waals surface area (Å²) in [6, 6.07) is 0. The van der Waals surface area contributed by atoms with Gasteiger partial charge in [0.25, 0.3) is 0 Å². The zero-order chi connectivity index (χ0) is 13.1. The van der Waals surface area contributed by atoms with Gasteiger partial charge in [0, 0.05) is 58.9 Å². The summed E-state index contributed by atoms with van der Waals surface area (Å²) < 4.78 is 11.2. The van der Waals surface area contributed by atoms with Crippen LogP contribution in [0.3, 0.4) is 0 Å². The van der Waals surface area contributed by atoms with Crippen LogP contribution in [0, 0.1) is 0 Å². The van der Waals surface area contributed by atoms with Gasteiger partial charge in [0.05, 0.1) is 26.4 Å². The van der Waals surface area contributed by atoms with Crippen LogP contribution < -0.4 is 0 Å². The van der Waals surface area contributed by atoms with Crippen molar-refractivity contribution in [3.63, 3.8) is 0 Å². The smallest absolute Gasteiger partial charge is 0.0594 e. The molecule has 0 unspecified atom stereocenters. The molecule has 0 atom stereocenters. The van der Waals surface area contributed by atoms with Gasteiger partial charge in [0.2, 0.25) is 0 Å². The molecule has 0 saturated carbocycles. The summed E-state index contributed by atoms with van der Waals surface area (Å²) >= 11 is 0. The Bertz CT molecular complexity index is 169. The van der Waals surface area contributed by atoms with Gasteiger partial charge in [-0.05, 0) is 13.1 Å². The predicted molar refractivity (Wildman–Crippen MR) is 72.9 cm³/mol. The van der Waals surface area contributed by atoms with Crippen LogP contribution in [0.1, 0.15) is 0 Å². The van der Waals surface area contributed by atoms with Crippen molar-refractivity contribution in [3.05, 3.63) is 11.5 Å². The molecule has 1 fully saturated rings. The molecule has 0 spiro atoms. The van der Waals surface area contributed by atoms with Crippen molar-refractivity contribution in [2.75, 3.05) is 78.8 Å². The van der Waals surface area contributed by atoms with E-state index in [9.17, 15) is 0 Å². The quantitative estimate of drug-likeness (QED) is 0.752. The minimum atomic E-state index is 0. The molecular weight excluding hydrogens is 321 g/mol. The Morgan fingerprint density at radius 2 is 1.00 bits per heavy atom. The molecule has 0 aliphatic carbocycles. The van der Waals surface area contributed by atoms with Crippen LogP contribution in [0.5, 0.6) is 0 Å². The summed E-state index contributed by atoms with van der Waals surface area (Å²) in [6.45, 7) is 8.81. The predicted octanol–water partition coefficient (Wildman–Crippen LogP) is 0.739. The standard InChI is InChI=1S/C12H26N4O2.Y/c13-1-3-15-5-9-17-11-7-16(4-2-14)8-12-18-10-6-15;/h13-14H,1-12H2;/q-2;. The molecule has 0 aromatic carbocycles.